The van der Waals surface area contributed by atoms with Gasteiger partial charge < -0.3 is 14.6 Å². The zero-order chi connectivity index (χ0) is 20.3. The van der Waals surface area contributed by atoms with Gasteiger partial charge in [0.1, 0.15) is 12.4 Å². The maximum absolute atomic E-state index is 12.7. The molecule has 0 bridgehead atoms. The number of nitrogens with one attached hydrogen (secondary N) is 1. The highest BCUT2D eigenvalue weighted by Crippen LogP contribution is 2.22. The third-order valence-corrected chi connectivity index (χ3v) is 4.46. The van der Waals surface area contributed by atoms with Gasteiger partial charge in [0.15, 0.2) is 0 Å². The van der Waals surface area contributed by atoms with Crippen LogP contribution in [0.1, 0.15) is 48.6 Å². The van der Waals surface area contributed by atoms with E-state index >= 15 is 0 Å². The van der Waals surface area contributed by atoms with Crippen LogP contribution < -0.4 is 5.32 Å². The largest absolute Gasteiger partial charge is 0.462 e. The molecule has 1 unspecified atom stereocenters. The Bertz CT molecular complexity index is 1010. The Labute approximate surface area is 164 Å². The summed E-state index contributed by atoms with van der Waals surface area (Å²) in [6.07, 6.45) is -0.191. The number of hydrogen-bond donors (Lipinski definition) is 1. The lowest BCUT2D eigenvalue weighted by Crippen LogP contribution is -2.30. The average molecular weight is 379 g/mol. The van der Waals surface area contributed by atoms with E-state index in [4.69, 9.17) is 4.74 Å². The number of amides is 1. The van der Waals surface area contributed by atoms with Crippen molar-refractivity contribution in [3.05, 3.63) is 65.5 Å². The molecule has 28 heavy (non-hydrogen) atoms. The summed E-state index contributed by atoms with van der Waals surface area (Å²) in [4.78, 5) is 29.6. The summed E-state index contributed by atoms with van der Waals surface area (Å²) in [5.41, 5.74) is 3.12. The third-order valence-electron chi connectivity index (χ3n) is 4.46. The maximum Gasteiger partial charge on any atom is 0.326 e. The van der Waals surface area contributed by atoms with Crippen molar-refractivity contribution >= 4 is 22.9 Å². The molecule has 3 rings (SSSR count). The predicted molar refractivity (Wildman–Crippen MR) is 108 cm³/mol. The fourth-order valence-electron chi connectivity index (χ4n) is 3.19. The van der Waals surface area contributed by atoms with Gasteiger partial charge in [-0.05, 0) is 51.5 Å². The molecule has 0 saturated heterocycles. The number of ether oxygens (including phenoxy) is 1. The van der Waals surface area contributed by atoms with Crippen molar-refractivity contribution in [2.45, 2.75) is 46.4 Å². The minimum Gasteiger partial charge on any atom is -0.462 e. The van der Waals surface area contributed by atoms with E-state index in [-0.39, 0.29) is 30.6 Å². The van der Waals surface area contributed by atoms with Gasteiger partial charge in [-0.25, -0.2) is 4.98 Å². The van der Waals surface area contributed by atoms with E-state index < -0.39 is 0 Å². The number of carbonyl (C=O) groups is 2. The molecule has 2 aromatic carbocycles. The fourth-order valence-corrected chi connectivity index (χ4v) is 3.19. The standard InChI is InChI=1S/C22H25N3O3/c1-14(2)28-20(26)13-25-19-12-8-7-11-18(19)24-21(25)16(4)23-22(27)17-10-6-5-9-15(17)3/h5-12,14,16H,13H2,1-4H3,(H,23,27). The number of para-hydroxylation sites is 2. The van der Waals surface area contributed by atoms with E-state index in [0.717, 1.165) is 16.6 Å². The molecule has 3 aromatic rings. The Hall–Kier alpha value is -3.15. The quantitative estimate of drug-likeness (QED) is 0.662. The molecule has 0 fully saturated rings. The Kier molecular flexibility index (Phi) is 5.78. The Balaban J connectivity index is 1.90. The zero-order valence-corrected chi connectivity index (χ0v) is 16.6. The van der Waals surface area contributed by atoms with Crippen LogP contribution in [-0.2, 0) is 16.1 Å². The lowest BCUT2D eigenvalue weighted by Gasteiger charge is -2.17. The van der Waals surface area contributed by atoms with Crippen LogP contribution in [0.4, 0.5) is 0 Å². The average Bonchev–Trinajstić information content (AvgIpc) is 3.00. The van der Waals surface area contributed by atoms with Crippen LogP contribution in [0.15, 0.2) is 48.5 Å². The molecule has 1 N–H and O–H groups in total. The Morgan fingerprint density at radius 2 is 1.75 bits per heavy atom. The second kappa shape index (κ2) is 8.25. The van der Waals surface area contributed by atoms with E-state index in [9.17, 15) is 9.59 Å². The highest BCUT2D eigenvalue weighted by Gasteiger charge is 2.21. The second-order valence-electron chi connectivity index (χ2n) is 7.09. The van der Waals surface area contributed by atoms with Crippen LogP contribution in [0.5, 0.6) is 0 Å². The molecule has 6 heteroatoms. The zero-order valence-electron chi connectivity index (χ0n) is 16.6. The first-order valence-corrected chi connectivity index (χ1v) is 9.38. The van der Waals surface area contributed by atoms with Gasteiger partial charge in [0, 0.05) is 5.56 Å². The topological polar surface area (TPSA) is 73.2 Å². The number of fused-ring (bicyclic) bond motifs is 1. The van der Waals surface area contributed by atoms with Gasteiger partial charge in [0.05, 0.1) is 23.2 Å². The summed E-state index contributed by atoms with van der Waals surface area (Å²) < 4.78 is 7.11. The van der Waals surface area contributed by atoms with Crippen LogP contribution in [0.3, 0.4) is 0 Å². The van der Waals surface area contributed by atoms with E-state index in [1.54, 1.807) is 6.07 Å². The van der Waals surface area contributed by atoms with Crippen molar-refractivity contribution < 1.29 is 14.3 Å². The van der Waals surface area contributed by atoms with Gasteiger partial charge in [0.2, 0.25) is 0 Å². The summed E-state index contributed by atoms with van der Waals surface area (Å²) in [5.74, 6) is 0.106. The van der Waals surface area contributed by atoms with Crippen LogP contribution >= 0.6 is 0 Å². The number of imidazole rings is 1. The van der Waals surface area contributed by atoms with Crippen molar-refractivity contribution in [1.29, 1.82) is 0 Å². The molecular formula is C22H25N3O3. The van der Waals surface area contributed by atoms with Crippen molar-refractivity contribution in [2.24, 2.45) is 0 Å². The Morgan fingerprint density at radius 3 is 2.46 bits per heavy atom. The third kappa shape index (κ3) is 4.22. The van der Waals surface area contributed by atoms with Crippen molar-refractivity contribution in [3.63, 3.8) is 0 Å². The molecule has 0 aliphatic heterocycles. The summed E-state index contributed by atoms with van der Waals surface area (Å²) in [7, 11) is 0. The van der Waals surface area contributed by atoms with Crippen LogP contribution in [0.2, 0.25) is 0 Å². The SMILES string of the molecule is Cc1ccccc1C(=O)NC(C)c1nc2ccccc2n1CC(=O)OC(C)C. The van der Waals surface area contributed by atoms with Gasteiger partial charge >= 0.3 is 5.97 Å². The minimum atomic E-state index is -0.383. The van der Waals surface area contributed by atoms with E-state index in [1.165, 1.54) is 0 Å². The van der Waals surface area contributed by atoms with Gasteiger partial charge in [-0.1, -0.05) is 30.3 Å². The molecule has 1 heterocycles. The normalized spacial score (nSPS) is 12.2. The fraction of sp³-hybridized carbons (Fsp3) is 0.318. The van der Waals surface area contributed by atoms with Gasteiger partial charge in [-0.3, -0.25) is 9.59 Å². The molecular weight excluding hydrogens is 354 g/mol. The van der Waals surface area contributed by atoms with E-state index in [1.807, 2.05) is 74.7 Å². The molecule has 1 aromatic heterocycles. The first-order valence-electron chi connectivity index (χ1n) is 9.38. The first kappa shape index (κ1) is 19.6. The summed E-state index contributed by atoms with van der Waals surface area (Å²) >= 11 is 0. The first-order chi connectivity index (χ1) is 13.4. The number of carbonyl (C=O) groups excluding carboxylic acids is 2. The molecule has 0 saturated carbocycles. The maximum atomic E-state index is 12.7. The molecule has 0 radical (unpaired) electrons. The van der Waals surface area contributed by atoms with Crippen molar-refractivity contribution in [2.75, 3.05) is 0 Å². The summed E-state index contributed by atoms with van der Waals surface area (Å²) in [6.45, 7) is 7.43. The summed E-state index contributed by atoms with van der Waals surface area (Å²) in [5, 5.41) is 2.99. The van der Waals surface area contributed by atoms with Gasteiger partial charge in [-0.2, -0.15) is 0 Å². The van der Waals surface area contributed by atoms with E-state index in [0.29, 0.717) is 11.4 Å². The molecule has 0 spiro atoms. The smallest absolute Gasteiger partial charge is 0.326 e. The highest BCUT2D eigenvalue weighted by atomic mass is 16.5. The number of aryl methyl sites for hydroxylation is 1. The van der Waals surface area contributed by atoms with Crippen molar-refractivity contribution in [1.82, 2.24) is 14.9 Å². The number of esters is 1. The molecule has 1 amide bonds. The molecule has 0 aliphatic rings. The predicted octanol–water partition coefficient (Wildman–Crippen LogP) is 3.79. The molecule has 0 aliphatic carbocycles. The number of hydrogen-bond acceptors (Lipinski definition) is 4. The minimum absolute atomic E-state index is 0.0403. The number of rotatable bonds is 6. The van der Waals surface area contributed by atoms with E-state index in [2.05, 4.69) is 10.3 Å². The number of nitrogens with zero attached hydrogens (tertiary/aromatic N) is 2. The van der Waals surface area contributed by atoms with Gasteiger partial charge in [0.25, 0.3) is 5.91 Å². The summed E-state index contributed by atoms with van der Waals surface area (Å²) in [6, 6.07) is 14.6. The van der Waals surface area contributed by atoms with Crippen LogP contribution in [0.25, 0.3) is 11.0 Å². The number of aromatic nitrogens is 2. The lowest BCUT2D eigenvalue weighted by atomic mass is 10.1. The molecule has 1 atom stereocenters. The van der Waals surface area contributed by atoms with Crippen LogP contribution in [0, 0.1) is 6.92 Å². The number of benzene rings is 2. The highest BCUT2D eigenvalue weighted by molar-refractivity contribution is 5.95. The van der Waals surface area contributed by atoms with Crippen molar-refractivity contribution in [3.8, 4) is 0 Å². The molecule has 146 valence electrons. The lowest BCUT2D eigenvalue weighted by molar-refractivity contribution is -0.148. The monoisotopic (exact) mass is 379 g/mol. The van der Waals surface area contributed by atoms with Crippen LogP contribution in [-0.4, -0.2) is 27.5 Å². The second-order valence-corrected chi connectivity index (χ2v) is 7.09. The van der Waals surface area contributed by atoms with Gasteiger partial charge in [-0.15, -0.1) is 0 Å². The molecule has 6 nitrogen and oxygen atoms in total. The Morgan fingerprint density at radius 1 is 1.07 bits per heavy atom.